The van der Waals surface area contributed by atoms with Crippen molar-refractivity contribution >= 4 is 11.7 Å². The first-order valence-corrected chi connectivity index (χ1v) is 6.07. The fourth-order valence-corrected chi connectivity index (χ4v) is 1.96. The Kier molecular flexibility index (Phi) is 3.88. The van der Waals surface area contributed by atoms with Gasteiger partial charge in [-0.3, -0.25) is 0 Å². The Bertz CT molecular complexity index is 690. The molecule has 0 radical (unpaired) electrons. The van der Waals surface area contributed by atoms with Gasteiger partial charge in [0.1, 0.15) is 5.82 Å². The molecule has 0 bridgehead atoms. The molecule has 0 amide bonds. The summed E-state index contributed by atoms with van der Waals surface area (Å²) in [4.78, 5) is 11.5. The van der Waals surface area contributed by atoms with E-state index in [4.69, 9.17) is 0 Å². The Balaban J connectivity index is 2.54. The number of halogens is 3. The third-order valence-electron chi connectivity index (χ3n) is 3.18. The van der Waals surface area contributed by atoms with Crippen molar-refractivity contribution < 1.29 is 23.1 Å². The monoisotopic (exact) mass is 295 g/mol. The van der Waals surface area contributed by atoms with E-state index in [0.29, 0.717) is 0 Å². The fourth-order valence-electron chi connectivity index (χ4n) is 1.96. The van der Waals surface area contributed by atoms with Crippen LogP contribution in [0, 0.1) is 17.5 Å². The van der Waals surface area contributed by atoms with Crippen molar-refractivity contribution in [1.29, 1.82) is 0 Å². The summed E-state index contributed by atoms with van der Waals surface area (Å²) < 4.78 is 40.9. The number of carboxylic acid groups (broad SMARTS) is 1. The minimum Gasteiger partial charge on any atom is -0.479 e. The van der Waals surface area contributed by atoms with Crippen molar-refractivity contribution in [2.24, 2.45) is 0 Å². The van der Waals surface area contributed by atoms with Crippen LogP contribution in [0.25, 0.3) is 0 Å². The van der Waals surface area contributed by atoms with Gasteiger partial charge in [0.15, 0.2) is 17.2 Å². The Hall–Kier alpha value is -2.50. The summed E-state index contributed by atoms with van der Waals surface area (Å²) in [6.07, 6.45) is 0. The van der Waals surface area contributed by atoms with Gasteiger partial charge >= 0.3 is 5.97 Å². The van der Waals surface area contributed by atoms with Gasteiger partial charge in [-0.1, -0.05) is 24.3 Å². The largest absolute Gasteiger partial charge is 0.479 e. The molecule has 2 aromatic rings. The molecule has 2 N–H and O–H groups in total. The summed E-state index contributed by atoms with van der Waals surface area (Å²) in [6, 6.07) is 8.58. The van der Waals surface area contributed by atoms with Crippen LogP contribution in [0.3, 0.4) is 0 Å². The standard InChI is InChI=1S/C15H12F3NO2/c1-15(14(20)21,9-5-4-7-11(17)13(9)18)19-12-8-3-2-6-10(12)16/h2-8,19H,1H3,(H,20,21). The lowest BCUT2D eigenvalue weighted by Gasteiger charge is -2.28. The van der Waals surface area contributed by atoms with E-state index in [-0.39, 0.29) is 5.69 Å². The minimum atomic E-state index is -2.02. The highest BCUT2D eigenvalue weighted by atomic mass is 19.2. The van der Waals surface area contributed by atoms with Gasteiger partial charge < -0.3 is 10.4 Å². The summed E-state index contributed by atoms with van der Waals surface area (Å²) in [5.74, 6) is -4.61. The van der Waals surface area contributed by atoms with Gasteiger partial charge in [-0.05, 0) is 25.1 Å². The first-order chi connectivity index (χ1) is 9.86. The Morgan fingerprint density at radius 2 is 1.67 bits per heavy atom. The topological polar surface area (TPSA) is 49.3 Å². The molecule has 0 aliphatic carbocycles. The van der Waals surface area contributed by atoms with Crippen LogP contribution < -0.4 is 5.32 Å². The van der Waals surface area contributed by atoms with E-state index in [2.05, 4.69) is 5.32 Å². The van der Waals surface area contributed by atoms with Crippen LogP contribution in [0.15, 0.2) is 42.5 Å². The number of hydrogen-bond donors (Lipinski definition) is 2. The average Bonchev–Trinajstić information content (AvgIpc) is 2.44. The van der Waals surface area contributed by atoms with Crippen molar-refractivity contribution in [2.75, 3.05) is 5.32 Å². The predicted molar refractivity (Wildman–Crippen MR) is 71.4 cm³/mol. The van der Waals surface area contributed by atoms with Crippen molar-refractivity contribution in [2.45, 2.75) is 12.5 Å². The number of hydrogen-bond acceptors (Lipinski definition) is 2. The summed E-state index contributed by atoms with van der Waals surface area (Å²) in [7, 11) is 0. The average molecular weight is 295 g/mol. The summed E-state index contributed by atoms with van der Waals surface area (Å²) in [5.41, 5.74) is -2.56. The maximum absolute atomic E-state index is 13.9. The zero-order valence-corrected chi connectivity index (χ0v) is 11.0. The summed E-state index contributed by atoms with van der Waals surface area (Å²) in [6.45, 7) is 1.14. The van der Waals surface area contributed by atoms with E-state index >= 15 is 0 Å². The molecule has 110 valence electrons. The minimum absolute atomic E-state index is 0.119. The van der Waals surface area contributed by atoms with Crippen molar-refractivity contribution in [3.05, 3.63) is 65.5 Å². The molecule has 0 spiro atoms. The van der Waals surface area contributed by atoms with Crippen LogP contribution in [-0.2, 0) is 10.3 Å². The van der Waals surface area contributed by atoms with Gasteiger partial charge in [-0.2, -0.15) is 0 Å². The van der Waals surface area contributed by atoms with Crippen molar-refractivity contribution in [3.63, 3.8) is 0 Å². The Morgan fingerprint density at radius 3 is 2.29 bits per heavy atom. The first-order valence-electron chi connectivity index (χ1n) is 6.07. The number of rotatable bonds is 4. The Morgan fingerprint density at radius 1 is 1.05 bits per heavy atom. The van der Waals surface area contributed by atoms with Crippen LogP contribution in [0.5, 0.6) is 0 Å². The lowest BCUT2D eigenvalue weighted by Crippen LogP contribution is -2.41. The molecule has 3 nitrogen and oxygen atoms in total. The zero-order valence-electron chi connectivity index (χ0n) is 11.0. The number of benzene rings is 2. The third kappa shape index (κ3) is 2.69. The lowest BCUT2D eigenvalue weighted by atomic mass is 9.91. The number of anilines is 1. The molecule has 0 fully saturated rings. The van der Waals surface area contributed by atoms with Gasteiger partial charge in [0.25, 0.3) is 0 Å². The maximum atomic E-state index is 13.9. The molecule has 21 heavy (non-hydrogen) atoms. The molecule has 0 saturated carbocycles. The molecule has 0 saturated heterocycles. The van der Waals surface area contributed by atoms with Crippen LogP contribution in [-0.4, -0.2) is 11.1 Å². The number of carbonyl (C=O) groups is 1. The van der Waals surface area contributed by atoms with Crippen LogP contribution in [0.4, 0.5) is 18.9 Å². The molecule has 0 aromatic heterocycles. The lowest BCUT2D eigenvalue weighted by molar-refractivity contribution is -0.142. The SMILES string of the molecule is CC(Nc1ccccc1F)(C(=O)O)c1cccc(F)c1F. The van der Waals surface area contributed by atoms with Crippen molar-refractivity contribution in [1.82, 2.24) is 0 Å². The zero-order chi connectivity index (χ0) is 15.6. The predicted octanol–water partition coefficient (Wildman–Crippen LogP) is 3.52. The normalized spacial score (nSPS) is 13.5. The van der Waals surface area contributed by atoms with E-state index < -0.39 is 34.5 Å². The van der Waals surface area contributed by atoms with E-state index in [1.165, 1.54) is 24.3 Å². The highest BCUT2D eigenvalue weighted by Gasteiger charge is 2.39. The highest BCUT2D eigenvalue weighted by molar-refractivity contribution is 5.84. The van der Waals surface area contributed by atoms with Crippen LogP contribution >= 0.6 is 0 Å². The van der Waals surface area contributed by atoms with Crippen LogP contribution in [0.1, 0.15) is 12.5 Å². The molecule has 1 unspecified atom stereocenters. The molecular weight excluding hydrogens is 283 g/mol. The number of nitrogens with one attached hydrogen (secondary N) is 1. The maximum Gasteiger partial charge on any atom is 0.333 e. The molecule has 2 aromatic carbocycles. The molecule has 0 heterocycles. The molecule has 1 atom stereocenters. The molecule has 0 aliphatic heterocycles. The van der Waals surface area contributed by atoms with Crippen LogP contribution in [0.2, 0.25) is 0 Å². The molecule has 6 heteroatoms. The fraction of sp³-hybridized carbons (Fsp3) is 0.133. The van der Waals surface area contributed by atoms with E-state index in [1.54, 1.807) is 0 Å². The summed E-state index contributed by atoms with van der Waals surface area (Å²) >= 11 is 0. The third-order valence-corrected chi connectivity index (χ3v) is 3.18. The Labute approximate surface area is 119 Å². The quantitative estimate of drug-likeness (QED) is 0.907. The number of para-hydroxylation sites is 1. The van der Waals surface area contributed by atoms with Gasteiger partial charge in [0.2, 0.25) is 0 Å². The first kappa shape index (κ1) is 14.9. The van der Waals surface area contributed by atoms with Gasteiger partial charge in [-0.15, -0.1) is 0 Å². The number of aliphatic carboxylic acids is 1. The molecular formula is C15H12F3NO2. The van der Waals surface area contributed by atoms with E-state index in [9.17, 15) is 23.1 Å². The van der Waals surface area contributed by atoms with E-state index in [1.807, 2.05) is 0 Å². The van der Waals surface area contributed by atoms with Gasteiger partial charge in [0.05, 0.1) is 5.69 Å². The van der Waals surface area contributed by atoms with Crippen molar-refractivity contribution in [3.8, 4) is 0 Å². The van der Waals surface area contributed by atoms with Gasteiger partial charge in [0, 0.05) is 5.56 Å². The second-order valence-corrected chi connectivity index (χ2v) is 4.64. The van der Waals surface area contributed by atoms with E-state index in [0.717, 1.165) is 25.1 Å². The molecule has 2 rings (SSSR count). The molecule has 0 aliphatic rings. The van der Waals surface area contributed by atoms with Gasteiger partial charge in [-0.25, -0.2) is 18.0 Å². The highest BCUT2D eigenvalue weighted by Crippen LogP contribution is 2.30. The second kappa shape index (κ2) is 5.47. The second-order valence-electron chi connectivity index (χ2n) is 4.64. The number of carboxylic acids is 1. The smallest absolute Gasteiger partial charge is 0.333 e. The summed E-state index contributed by atoms with van der Waals surface area (Å²) in [5, 5.41) is 11.8.